The van der Waals surface area contributed by atoms with Crippen molar-refractivity contribution in [3.8, 4) is 0 Å². The average molecular weight is 416 g/mol. The van der Waals surface area contributed by atoms with Gasteiger partial charge in [0.2, 0.25) is 5.91 Å². The first-order chi connectivity index (χ1) is 12.1. The molecule has 25 heavy (non-hydrogen) atoms. The predicted molar refractivity (Wildman–Crippen MR) is 103 cm³/mol. The van der Waals surface area contributed by atoms with Gasteiger partial charge in [-0.15, -0.1) is 11.3 Å². The second-order valence-corrected chi connectivity index (χ2v) is 6.97. The van der Waals surface area contributed by atoms with E-state index in [-0.39, 0.29) is 18.2 Å². The van der Waals surface area contributed by atoms with Gasteiger partial charge in [0, 0.05) is 21.1 Å². The molecule has 1 aromatic heterocycles. The van der Waals surface area contributed by atoms with Crippen LogP contribution in [-0.4, -0.2) is 16.8 Å². The molecule has 3 aromatic rings. The highest BCUT2D eigenvalue weighted by Gasteiger charge is 2.11. The molecule has 3 rings (SSSR count). The van der Waals surface area contributed by atoms with Crippen molar-refractivity contribution in [1.82, 2.24) is 4.98 Å². The largest absolute Gasteiger partial charge is 0.326 e. The SMILES string of the molecule is O=C(Cc1csc(NC(=O)c2ccc(Br)cc2)n1)Nc1ccccc1. The van der Waals surface area contributed by atoms with Crippen LogP contribution in [-0.2, 0) is 11.2 Å². The Morgan fingerprint density at radius 1 is 1.00 bits per heavy atom. The molecule has 2 amide bonds. The lowest BCUT2D eigenvalue weighted by Crippen LogP contribution is -2.15. The quantitative estimate of drug-likeness (QED) is 0.650. The summed E-state index contributed by atoms with van der Waals surface area (Å²) in [6.45, 7) is 0. The van der Waals surface area contributed by atoms with E-state index in [2.05, 4.69) is 31.5 Å². The third kappa shape index (κ3) is 4.98. The van der Waals surface area contributed by atoms with Gasteiger partial charge in [-0.1, -0.05) is 34.1 Å². The fourth-order valence-corrected chi connectivity index (χ4v) is 3.08. The Balaban J connectivity index is 1.57. The molecule has 0 bridgehead atoms. The molecule has 0 saturated carbocycles. The summed E-state index contributed by atoms with van der Waals surface area (Å²) in [6.07, 6.45) is 0.152. The van der Waals surface area contributed by atoms with Crippen LogP contribution in [0, 0.1) is 0 Å². The Labute approximate surface area is 157 Å². The molecule has 0 unspecified atom stereocenters. The zero-order chi connectivity index (χ0) is 17.6. The number of nitrogens with one attached hydrogen (secondary N) is 2. The van der Waals surface area contributed by atoms with Crippen LogP contribution < -0.4 is 10.6 Å². The van der Waals surface area contributed by atoms with Crippen LogP contribution in [0.1, 0.15) is 16.1 Å². The van der Waals surface area contributed by atoms with E-state index in [0.717, 1.165) is 10.2 Å². The number of hydrogen-bond acceptors (Lipinski definition) is 4. The molecule has 2 N–H and O–H groups in total. The Hall–Kier alpha value is -2.51. The summed E-state index contributed by atoms with van der Waals surface area (Å²) < 4.78 is 0.907. The zero-order valence-electron chi connectivity index (χ0n) is 13.0. The molecule has 0 spiro atoms. The van der Waals surface area contributed by atoms with Gasteiger partial charge in [0.25, 0.3) is 5.91 Å². The predicted octanol–water partition coefficient (Wildman–Crippen LogP) is 4.34. The number of anilines is 2. The molecule has 0 atom stereocenters. The maximum absolute atomic E-state index is 12.2. The molecule has 7 heteroatoms. The molecule has 0 saturated heterocycles. The van der Waals surface area contributed by atoms with Gasteiger partial charge >= 0.3 is 0 Å². The molecular weight excluding hydrogens is 402 g/mol. The molecule has 126 valence electrons. The third-order valence-electron chi connectivity index (χ3n) is 3.28. The molecular formula is C18H14BrN3O2S. The maximum Gasteiger partial charge on any atom is 0.257 e. The first kappa shape index (κ1) is 17.3. The number of para-hydroxylation sites is 1. The van der Waals surface area contributed by atoms with E-state index in [1.54, 1.807) is 29.6 Å². The van der Waals surface area contributed by atoms with E-state index in [1.807, 2.05) is 30.3 Å². The number of rotatable bonds is 5. The summed E-state index contributed by atoms with van der Waals surface area (Å²) >= 11 is 4.62. The van der Waals surface area contributed by atoms with Crippen LogP contribution >= 0.6 is 27.3 Å². The van der Waals surface area contributed by atoms with Crippen LogP contribution in [0.25, 0.3) is 0 Å². The minimum Gasteiger partial charge on any atom is -0.326 e. The lowest BCUT2D eigenvalue weighted by molar-refractivity contribution is -0.115. The summed E-state index contributed by atoms with van der Waals surface area (Å²) in [4.78, 5) is 28.5. The van der Waals surface area contributed by atoms with Gasteiger partial charge in [-0.3, -0.25) is 14.9 Å². The fraction of sp³-hybridized carbons (Fsp3) is 0.0556. The molecule has 0 aliphatic carbocycles. The van der Waals surface area contributed by atoms with Crippen molar-refractivity contribution in [2.24, 2.45) is 0 Å². The van der Waals surface area contributed by atoms with Crippen molar-refractivity contribution in [3.63, 3.8) is 0 Å². The van der Waals surface area contributed by atoms with Crippen molar-refractivity contribution in [3.05, 3.63) is 75.7 Å². The summed E-state index contributed by atoms with van der Waals surface area (Å²) in [6, 6.07) is 16.3. The van der Waals surface area contributed by atoms with E-state index < -0.39 is 0 Å². The highest BCUT2D eigenvalue weighted by Crippen LogP contribution is 2.18. The number of carbonyl (C=O) groups is 2. The van der Waals surface area contributed by atoms with Gasteiger partial charge in [0.15, 0.2) is 5.13 Å². The molecule has 2 aromatic carbocycles. The lowest BCUT2D eigenvalue weighted by Gasteiger charge is -2.03. The van der Waals surface area contributed by atoms with E-state index in [4.69, 9.17) is 0 Å². The molecule has 0 radical (unpaired) electrons. The summed E-state index contributed by atoms with van der Waals surface area (Å²) in [5.41, 5.74) is 1.90. The van der Waals surface area contributed by atoms with Crippen LogP contribution in [0.15, 0.2) is 64.5 Å². The molecule has 0 aliphatic heterocycles. The smallest absolute Gasteiger partial charge is 0.257 e. The van der Waals surface area contributed by atoms with Gasteiger partial charge in [0.1, 0.15) is 0 Å². The second kappa shape index (κ2) is 8.04. The number of amides is 2. The Bertz CT molecular complexity index is 879. The number of thiazole rings is 1. The molecule has 0 fully saturated rings. The Morgan fingerprint density at radius 2 is 1.72 bits per heavy atom. The number of halogens is 1. The normalized spacial score (nSPS) is 10.3. The van der Waals surface area contributed by atoms with E-state index in [9.17, 15) is 9.59 Å². The van der Waals surface area contributed by atoms with Crippen molar-refractivity contribution in [2.75, 3.05) is 10.6 Å². The third-order valence-corrected chi connectivity index (χ3v) is 4.61. The van der Waals surface area contributed by atoms with Gasteiger partial charge in [0.05, 0.1) is 12.1 Å². The van der Waals surface area contributed by atoms with Gasteiger partial charge in [-0.05, 0) is 36.4 Å². The van der Waals surface area contributed by atoms with Crippen LogP contribution in [0.5, 0.6) is 0 Å². The van der Waals surface area contributed by atoms with Crippen molar-refractivity contribution in [2.45, 2.75) is 6.42 Å². The number of carbonyl (C=O) groups excluding carboxylic acids is 2. The van der Waals surface area contributed by atoms with Crippen molar-refractivity contribution >= 4 is 49.9 Å². The minimum absolute atomic E-state index is 0.151. The highest BCUT2D eigenvalue weighted by molar-refractivity contribution is 9.10. The van der Waals surface area contributed by atoms with Crippen molar-refractivity contribution in [1.29, 1.82) is 0 Å². The number of aromatic nitrogens is 1. The molecule has 0 aliphatic rings. The topological polar surface area (TPSA) is 71.1 Å². The van der Waals surface area contributed by atoms with E-state index >= 15 is 0 Å². The number of benzene rings is 2. The standard InChI is InChI=1S/C18H14BrN3O2S/c19-13-8-6-12(7-9-13)17(24)22-18-21-15(11-25-18)10-16(23)20-14-4-2-1-3-5-14/h1-9,11H,10H2,(H,20,23)(H,21,22,24). The second-order valence-electron chi connectivity index (χ2n) is 5.20. The van der Waals surface area contributed by atoms with Crippen LogP contribution in [0.4, 0.5) is 10.8 Å². The molecule has 5 nitrogen and oxygen atoms in total. The average Bonchev–Trinajstić information content (AvgIpc) is 3.03. The minimum atomic E-state index is -0.234. The summed E-state index contributed by atoms with van der Waals surface area (Å²) in [7, 11) is 0. The van der Waals surface area contributed by atoms with Crippen LogP contribution in [0.2, 0.25) is 0 Å². The summed E-state index contributed by atoms with van der Waals surface area (Å²) in [5.74, 6) is -0.385. The monoisotopic (exact) mass is 415 g/mol. The fourth-order valence-electron chi connectivity index (χ4n) is 2.11. The first-order valence-corrected chi connectivity index (χ1v) is 9.13. The van der Waals surface area contributed by atoms with Gasteiger partial charge in [-0.2, -0.15) is 0 Å². The highest BCUT2D eigenvalue weighted by atomic mass is 79.9. The first-order valence-electron chi connectivity index (χ1n) is 7.46. The zero-order valence-corrected chi connectivity index (χ0v) is 15.4. The maximum atomic E-state index is 12.2. The Morgan fingerprint density at radius 3 is 2.44 bits per heavy atom. The van der Waals surface area contributed by atoms with Crippen LogP contribution in [0.3, 0.4) is 0 Å². The number of hydrogen-bond donors (Lipinski definition) is 2. The van der Waals surface area contributed by atoms with E-state index in [0.29, 0.717) is 16.4 Å². The molecule has 1 heterocycles. The van der Waals surface area contributed by atoms with Crippen molar-refractivity contribution < 1.29 is 9.59 Å². The lowest BCUT2D eigenvalue weighted by atomic mass is 10.2. The number of nitrogens with zero attached hydrogens (tertiary/aromatic N) is 1. The van der Waals surface area contributed by atoms with Gasteiger partial charge in [-0.25, -0.2) is 4.98 Å². The summed E-state index contributed by atoms with van der Waals surface area (Å²) in [5, 5.41) is 7.78. The van der Waals surface area contributed by atoms with Gasteiger partial charge < -0.3 is 5.32 Å². The Kier molecular flexibility index (Phi) is 5.57. The van der Waals surface area contributed by atoms with E-state index in [1.165, 1.54) is 11.3 Å².